The number of ether oxygens (including phenoxy) is 1. The van der Waals surface area contributed by atoms with Gasteiger partial charge < -0.3 is 30.4 Å². The van der Waals surface area contributed by atoms with Crippen LogP contribution >= 0.6 is 0 Å². The lowest BCUT2D eigenvalue weighted by Crippen LogP contribution is -2.56. The van der Waals surface area contributed by atoms with Crippen molar-refractivity contribution in [3.05, 3.63) is 35.5 Å². The van der Waals surface area contributed by atoms with Crippen LogP contribution in [0.15, 0.2) is 24.3 Å². The third-order valence-corrected chi connectivity index (χ3v) is 7.90. The number of carbonyl (C=O) groups is 4. The predicted octanol–water partition coefficient (Wildman–Crippen LogP) is 1.44. The molecule has 1 saturated carbocycles. The number of benzene rings is 1. The molecule has 38 heavy (non-hydrogen) atoms. The Labute approximate surface area is 220 Å². The molecule has 202 valence electrons. The summed E-state index contributed by atoms with van der Waals surface area (Å²) >= 11 is 0. The van der Waals surface area contributed by atoms with E-state index in [1.54, 1.807) is 36.2 Å². The third-order valence-electron chi connectivity index (χ3n) is 7.90. The molecule has 1 aromatic heterocycles. The van der Waals surface area contributed by atoms with E-state index in [1.165, 1.54) is 4.57 Å². The molecule has 11 nitrogen and oxygen atoms in total. The summed E-state index contributed by atoms with van der Waals surface area (Å²) in [5.74, 6) is -3.62. The van der Waals surface area contributed by atoms with E-state index in [1.807, 2.05) is 6.07 Å². The van der Waals surface area contributed by atoms with E-state index < -0.39 is 35.2 Å². The molecule has 2 aromatic rings. The fourth-order valence-electron chi connectivity index (χ4n) is 6.02. The molecule has 0 unspecified atom stereocenters. The summed E-state index contributed by atoms with van der Waals surface area (Å²) in [6, 6.07) is 8.12. The van der Waals surface area contributed by atoms with Gasteiger partial charge in [0, 0.05) is 43.0 Å². The van der Waals surface area contributed by atoms with Crippen LogP contribution in [-0.2, 0) is 31.6 Å². The normalized spacial score (nSPS) is 22.4. The number of amides is 3. The van der Waals surface area contributed by atoms with Crippen molar-refractivity contribution < 1.29 is 29.0 Å². The van der Waals surface area contributed by atoms with Crippen molar-refractivity contribution in [2.24, 2.45) is 18.7 Å². The Balaban J connectivity index is 1.65. The van der Waals surface area contributed by atoms with Crippen LogP contribution in [0.2, 0.25) is 0 Å². The van der Waals surface area contributed by atoms with E-state index in [-0.39, 0.29) is 36.4 Å². The van der Waals surface area contributed by atoms with Gasteiger partial charge in [-0.15, -0.1) is 0 Å². The molecule has 4 rings (SSSR count). The van der Waals surface area contributed by atoms with E-state index >= 15 is 0 Å². The number of para-hydroxylation sites is 1. The number of aromatic nitrogens is 1. The topological polar surface area (TPSA) is 168 Å². The summed E-state index contributed by atoms with van der Waals surface area (Å²) < 4.78 is 6.77. The summed E-state index contributed by atoms with van der Waals surface area (Å²) in [6.07, 6.45) is 1.95. The minimum absolute atomic E-state index is 0.0800. The Kier molecular flexibility index (Phi) is 8.02. The number of carbonyl (C=O) groups excluding carboxylic acids is 3. The Hall–Kier alpha value is -3.91. The van der Waals surface area contributed by atoms with Crippen LogP contribution in [0.25, 0.3) is 10.9 Å². The van der Waals surface area contributed by atoms with Gasteiger partial charge in [0.2, 0.25) is 17.7 Å². The SMILES string of the molecule is Cn1c(C(=O)O)c([C@]2(C(N)=O)CCCC[C@H]2C(=O)N[C@H](C#N)CCC(=O)N2CCOCC2)c2ccccc21. The molecular formula is C27H33N5O6. The predicted molar refractivity (Wildman–Crippen MR) is 137 cm³/mol. The Bertz CT molecular complexity index is 1290. The maximum absolute atomic E-state index is 13.7. The lowest BCUT2D eigenvalue weighted by atomic mass is 9.60. The Morgan fingerprint density at radius 1 is 1.24 bits per heavy atom. The van der Waals surface area contributed by atoms with Gasteiger partial charge in [0.25, 0.3) is 0 Å². The first kappa shape index (κ1) is 27.1. The zero-order valence-electron chi connectivity index (χ0n) is 21.4. The average molecular weight is 524 g/mol. The van der Waals surface area contributed by atoms with Gasteiger partial charge in [0.1, 0.15) is 11.7 Å². The summed E-state index contributed by atoms with van der Waals surface area (Å²) in [5, 5.41) is 23.2. The number of hydrogen-bond acceptors (Lipinski definition) is 6. The van der Waals surface area contributed by atoms with Crippen LogP contribution in [0.3, 0.4) is 0 Å². The number of nitrogens with one attached hydrogen (secondary N) is 1. The van der Waals surface area contributed by atoms with Crippen LogP contribution in [-0.4, -0.2) is 70.6 Å². The number of nitrogens with zero attached hydrogens (tertiary/aromatic N) is 3. The number of aromatic carboxylic acids is 1. The molecule has 0 bridgehead atoms. The van der Waals surface area contributed by atoms with Gasteiger partial charge in [0.05, 0.1) is 30.6 Å². The molecule has 2 heterocycles. The minimum Gasteiger partial charge on any atom is -0.477 e. The monoisotopic (exact) mass is 523 g/mol. The smallest absolute Gasteiger partial charge is 0.352 e. The second kappa shape index (κ2) is 11.2. The van der Waals surface area contributed by atoms with Crippen LogP contribution in [0.1, 0.15) is 54.6 Å². The quantitative estimate of drug-likeness (QED) is 0.470. The highest BCUT2D eigenvalue weighted by Gasteiger charge is 2.54. The molecule has 2 fully saturated rings. The zero-order valence-corrected chi connectivity index (χ0v) is 21.4. The van der Waals surface area contributed by atoms with Gasteiger partial charge in [-0.05, 0) is 25.3 Å². The molecule has 1 aromatic carbocycles. The zero-order chi connectivity index (χ0) is 27.4. The first-order valence-corrected chi connectivity index (χ1v) is 12.9. The van der Waals surface area contributed by atoms with Crippen molar-refractivity contribution in [3.63, 3.8) is 0 Å². The van der Waals surface area contributed by atoms with Gasteiger partial charge in [0.15, 0.2) is 0 Å². The molecule has 1 aliphatic carbocycles. The van der Waals surface area contributed by atoms with Gasteiger partial charge in [-0.1, -0.05) is 31.0 Å². The Morgan fingerprint density at radius 3 is 2.61 bits per heavy atom. The maximum atomic E-state index is 13.7. The third kappa shape index (κ3) is 4.84. The molecule has 3 atom stereocenters. The molecule has 11 heteroatoms. The van der Waals surface area contributed by atoms with Crippen LogP contribution < -0.4 is 11.1 Å². The first-order valence-electron chi connectivity index (χ1n) is 12.9. The number of nitrogens with two attached hydrogens (primary N) is 1. The second-order valence-corrected chi connectivity index (χ2v) is 9.96. The number of morpholine rings is 1. The maximum Gasteiger partial charge on any atom is 0.352 e. The molecular weight excluding hydrogens is 490 g/mol. The van der Waals surface area contributed by atoms with Crippen LogP contribution in [0.5, 0.6) is 0 Å². The standard InChI is InChI=1S/C27H33N5O6/c1-31-20-8-3-2-6-18(20)22(23(31)25(35)36)27(26(29)37)11-5-4-7-19(27)24(34)30-17(16-28)9-10-21(33)32-12-14-38-15-13-32/h2-3,6,8,17,19H,4-5,7,9-15H2,1H3,(H2,29,37)(H,30,34)(H,35,36)/t17-,19-,27-/m0/s1. The number of primary amides is 1. The number of rotatable bonds is 8. The number of hydrogen-bond donors (Lipinski definition) is 3. The van der Waals surface area contributed by atoms with Gasteiger partial charge in [-0.2, -0.15) is 5.26 Å². The van der Waals surface area contributed by atoms with E-state index in [0.29, 0.717) is 56.5 Å². The summed E-state index contributed by atoms with van der Waals surface area (Å²) in [6.45, 7) is 1.91. The molecule has 3 amide bonds. The van der Waals surface area contributed by atoms with Crippen molar-refractivity contribution in [3.8, 4) is 6.07 Å². The summed E-state index contributed by atoms with van der Waals surface area (Å²) in [7, 11) is 1.61. The number of aryl methyl sites for hydroxylation is 1. The van der Waals surface area contributed by atoms with Crippen LogP contribution in [0, 0.1) is 17.2 Å². The largest absolute Gasteiger partial charge is 0.477 e. The molecule has 4 N–H and O–H groups in total. The number of carboxylic acid groups (broad SMARTS) is 1. The fraction of sp³-hybridized carbons (Fsp3) is 0.519. The lowest BCUT2D eigenvalue weighted by Gasteiger charge is -2.41. The van der Waals surface area contributed by atoms with Gasteiger partial charge in [-0.3, -0.25) is 14.4 Å². The van der Waals surface area contributed by atoms with Crippen molar-refractivity contribution in [1.29, 1.82) is 5.26 Å². The van der Waals surface area contributed by atoms with Gasteiger partial charge >= 0.3 is 5.97 Å². The van der Waals surface area contributed by atoms with Crippen molar-refractivity contribution >= 4 is 34.6 Å². The summed E-state index contributed by atoms with van der Waals surface area (Å²) in [4.78, 5) is 53.6. The van der Waals surface area contributed by atoms with Crippen LogP contribution in [0.4, 0.5) is 0 Å². The number of fused-ring (bicyclic) bond motifs is 1. The molecule has 2 aliphatic rings. The van der Waals surface area contributed by atoms with E-state index in [2.05, 4.69) is 5.32 Å². The lowest BCUT2D eigenvalue weighted by molar-refractivity contribution is -0.138. The number of carboxylic acids is 1. The number of nitriles is 1. The first-order chi connectivity index (χ1) is 18.2. The van der Waals surface area contributed by atoms with E-state index in [4.69, 9.17) is 10.5 Å². The highest BCUT2D eigenvalue weighted by atomic mass is 16.5. The Morgan fingerprint density at radius 2 is 1.95 bits per heavy atom. The summed E-state index contributed by atoms with van der Waals surface area (Å²) in [5.41, 5.74) is 5.23. The van der Waals surface area contributed by atoms with Gasteiger partial charge in [-0.25, -0.2) is 4.79 Å². The molecule has 1 saturated heterocycles. The molecule has 1 aliphatic heterocycles. The highest BCUT2D eigenvalue weighted by Crippen LogP contribution is 2.48. The van der Waals surface area contributed by atoms with Crippen molar-refractivity contribution in [2.45, 2.75) is 50.0 Å². The van der Waals surface area contributed by atoms with E-state index in [0.717, 1.165) is 0 Å². The fourth-order valence-corrected chi connectivity index (χ4v) is 6.02. The second-order valence-electron chi connectivity index (χ2n) is 9.96. The average Bonchev–Trinajstić information content (AvgIpc) is 3.23. The van der Waals surface area contributed by atoms with Crippen molar-refractivity contribution in [1.82, 2.24) is 14.8 Å². The molecule has 0 radical (unpaired) electrons. The molecule has 0 spiro atoms. The van der Waals surface area contributed by atoms with Crippen molar-refractivity contribution in [2.75, 3.05) is 26.3 Å². The minimum atomic E-state index is -1.57. The van der Waals surface area contributed by atoms with E-state index in [9.17, 15) is 29.5 Å². The highest BCUT2D eigenvalue weighted by molar-refractivity contribution is 6.06.